The van der Waals surface area contributed by atoms with E-state index in [9.17, 15) is 26.3 Å². The zero-order chi connectivity index (χ0) is 31.8. The van der Waals surface area contributed by atoms with Crippen LogP contribution in [0, 0.1) is 11.8 Å². The second-order valence-electron chi connectivity index (χ2n) is 11.6. The maximum absolute atomic E-state index is 13.6. The van der Waals surface area contributed by atoms with Crippen molar-refractivity contribution in [1.82, 2.24) is 15.0 Å². The molecule has 5 rings (SSSR count). The van der Waals surface area contributed by atoms with Crippen LogP contribution < -0.4 is 21.2 Å². The van der Waals surface area contributed by atoms with E-state index in [1.54, 1.807) is 7.11 Å². The van der Waals surface area contributed by atoms with Crippen LogP contribution in [0.4, 0.5) is 32.2 Å². The third-order valence-electron chi connectivity index (χ3n) is 7.70. The van der Waals surface area contributed by atoms with Crippen molar-refractivity contribution in [2.75, 3.05) is 32.1 Å². The quantitative estimate of drug-likeness (QED) is 0.0897. The van der Waals surface area contributed by atoms with Gasteiger partial charge in [0.25, 0.3) is 0 Å². The number of nitrogens with zero attached hydrogens (tertiary/aromatic N) is 5. The fourth-order valence-corrected chi connectivity index (χ4v) is 5.21. The summed E-state index contributed by atoms with van der Waals surface area (Å²) in [6, 6.07) is 8.89. The average molecular weight is 624 g/mol. The van der Waals surface area contributed by atoms with E-state index in [4.69, 9.17) is 21.3 Å². The molecule has 0 saturated heterocycles. The number of hydrazine groups is 1. The van der Waals surface area contributed by atoms with Gasteiger partial charge in [-0.05, 0) is 73.4 Å². The summed E-state index contributed by atoms with van der Waals surface area (Å²) in [4.78, 5) is 8.68. The fourth-order valence-electron chi connectivity index (χ4n) is 5.21. The first-order chi connectivity index (χ1) is 20.7. The number of pyridine rings is 1. The Balaban J connectivity index is 1.60. The molecular weight excluding hydrogens is 588 g/mol. The molecular formula is C30H35F6N7O. The SMILES string of the molecule is COc1cccc2cc(CN(Cc3cc(C(F)(F)F)cc(C(F)(F)F)c3)/C(N)=N/N(C)N)c(N(CC3CC3)CC3CC3)nc12. The van der Waals surface area contributed by atoms with Crippen molar-refractivity contribution < 1.29 is 31.1 Å². The van der Waals surface area contributed by atoms with Crippen molar-refractivity contribution in [3.05, 3.63) is 64.7 Å². The lowest BCUT2D eigenvalue weighted by Crippen LogP contribution is -2.40. The fraction of sp³-hybridized carbons (Fsp3) is 0.467. The molecule has 0 radical (unpaired) electrons. The normalized spacial score (nSPS) is 15.9. The van der Waals surface area contributed by atoms with E-state index in [-0.39, 0.29) is 24.1 Å². The molecule has 0 spiro atoms. The molecule has 4 N–H and O–H groups in total. The van der Waals surface area contributed by atoms with Gasteiger partial charge in [-0.2, -0.15) is 26.3 Å². The first-order valence-corrected chi connectivity index (χ1v) is 14.3. The van der Waals surface area contributed by atoms with Crippen molar-refractivity contribution in [2.24, 2.45) is 28.5 Å². The van der Waals surface area contributed by atoms with Gasteiger partial charge in [0.2, 0.25) is 5.96 Å². The third-order valence-corrected chi connectivity index (χ3v) is 7.70. The Morgan fingerprint density at radius 1 is 0.932 bits per heavy atom. The van der Waals surface area contributed by atoms with Crippen LogP contribution in [0.3, 0.4) is 0 Å². The van der Waals surface area contributed by atoms with Crippen LogP contribution >= 0.6 is 0 Å². The highest BCUT2D eigenvalue weighted by molar-refractivity contribution is 5.87. The summed E-state index contributed by atoms with van der Waals surface area (Å²) >= 11 is 0. The Hall–Kier alpha value is -3.94. The molecule has 2 aliphatic carbocycles. The standard InChI is InChI=1S/C30H35F6N7O/c1-41(38)40-28(37)43(16-20-10-23(29(31,32)33)13-24(11-20)30(34,35)36)17-22-12-21-4-3-5-25(44-2)26(21)39-27(22)42(14-18-6-7-18)15-19-8-9-19/h3-5,10-13,18-19H,6-9,14-17,38H2,1-2H3,(H2,37,40). The first-order valence-electron chi connectivity index (χ1n) is 14.3. The van der Waals surface area contributed by atoms with Gasteiger partial charge in [-0.15, -0.1) is 5.10 Å². The lowest BCUT2D eigenvalue weighted by molar-refractivity contribution is -0.143. The number of fused-ring (bicyclic) bond motifs is 1. The zero-order valence-electron chi connectivity index (χ0n) is 24.4. The monoisotopic (exact) mass is 623 g/mol. The molecule has 2 fully saturated rings. The van der Waals surface area contributed by atoms with Crippen LogP contribution in [0.25, 0.3) is 10.9 Å². The maximum Gasteiger partial charge on any atom is 0.416 e. The number of para-hydroxylation sites is 1. The summed E-state index contributed by atoms with van der Waals surface area (Å²) in [5.41, 5.74) is 4.56. The highest BCUT2D eigenvalue weighted by Crippen LogP contribution is 2.39. The Bertz CT molecular complexity index is 1470. The number of benzene rings is 2. The minimum Gasteiger partial charge on any atom is -0.494 e. The molecule has 0 unspecified atom stereocenters. The minimum absolute atomic E-state index is 0.0118. The predicted molar refractivity (Wildman–Crippen MR) is 155 cm³/mol. The van der Waals surface area contributed by atoms with Crippen molar-refractivity contribution >= 4 is 22.7 Å². The van der Waals surface area contributed by atoms with E-state index in [0.717, 1.165) is 49.3 Å². The molecule has 0 amide bonds. The van der Waals surface area contributed by atoms with Crippen LogP contribution in [-0.2, 0) is 25.4 Å². The molecule has 238 valence electrons. The van der Waals surface area contributed by atoms with Crippen LogP contribution in [-0.4, -0.2) is 48.2 Å². The molecule has 2 aliphatic rings. The number of guanidine groups is 1. The summed E-state index contributed by atoms with van der Waals surface area (Å²) in [5, 5.41) is 5.70. The van der Waals surface area contributed by atoms with E-state index in [1.165, 1.54) is 11.9 Å². The van der Waals surface area contributed by atoms with Gasteiger partial charge in [-0.1, -0.05) is 12.1 Å². The summed E-state index contributed by atoms with van der Waals surface area (Å²) in [5.74, 6) is 7.81. The van der Waals surface area contributed by atoms with Crippen molar-refractivity contribution in [1.29, 1.82) is 0 Å². The summed E-state index contributed by atoms with van der Waals surface area (Å²) in [6.07, 6.45) is -5.53. The van der Waals surface area contributed by atoms with Gasteiger partial charge >= 0.3 is 12.4 Å². The summed E-state index contributed by atoms with van der Waals surface area (Å²) < 4.78 is 87.4. The average Bonchev–Trinajstić information content (AvgIpc) is 3.87. The number of hydrogen-bond donors (Lipinski definition) is 2. The molecule has 0 aliphatic heterocycles. The Morgan fingerprint density at radius 3 is 2.02 bits per heavy atom. The van der Waals surface area contributed by atoms with Crippen LogP contribution in [0.2, 0.25) is 0 Å². The van der Waals surface area contributed by atoms with E-state index in [1.807, 2.05) is 24.3 Å². The Kier molecular flexibility index (Phi) is 8.74. The number of halogens is 6. The molecule has 14 heteroatoms. The molecule has 0 bridgehead atoms. The number of ether oxygens (including phenoxy) is 1. The zero-order valence-corrected chi connectivity index (χ0v) is 24.4. The van der Waals surface area contributed by atoms with E-state index in [0.29, 0.717) is 46.6 Å². The van der Waals surface area contributed by atoms with Gasteiger partial charge in [0.15, 0.2) is 0 Å². The lowest BCUT2D eigenvalue weighted by Gasteiger charge is -2.30. The highest BCUT2D eigenvalue weighted by Gasteiger charge is 2.37. The minimum atomic E-state index is -4.99. The number of anilines is 1. The number of methoxy groups -OCH3 is 1. The van der Waals surface area contributed by atoms with Gasteiger partial charge in [0.1, 0.15) is 17.1 Å². The molecule has 44 heavy (non-hydrogen) atoms. The molecule has 3 aromatic rings. The second kappa shape index (κ2) is 12.2. The van der Waals surface area contributed by atoms with Crippen LogP contribution in [0.5, 0.6) is 5.75 Å². The third kappa shape index (κ3) is 7.76. The number of rotatable bonds is 11. The van der Waals surface area contributed by atoms with E-state index >= 15 is 0 Å². The Labute approximate surface area is 251 Å². The van der Waals surface area contributed by atoms with Crippen molar-refractivity contribution in [2.45, 2.75) is 51.1 Å². The van der Waals surface area contributed by atoms with Crippen LogP contribution in [0.1, 0.15) is 47.9 Å². The van der Waals surface area contributed by atoms with Crippen molar-refractivity contribution in [3.63, 3.8) is 0 Å². The van der Waals surface area contributed by atoms with Gasteiger partial charge in [-0.3, -0.25) is 0 Å². The molecule has 8 nitrogen and oxygen atoms in total. The van der Waals surface area contributed by atoms with E-state index in [2.05, 4.69) is 10.0 Å². The number of alkyl halides is 6. The van der Waals surface area contributed by atoms with Crippen LogP contribution in [0.15, 0.2) is 47.6 Å². The molecule has 2 saturated carbocycles. The predicted octanol–water partition coefficient (Wildman–Crippen LogP) is 5.94. The van der Waals surface area contributed by atoms with E-state index < -0.39 is 30.0 Å². The largest absolute Gasteiger partial charge is 0.494 e. The first kappa shape index (κ1) is 31.5. The highest BCUT2D eigenvalue weighted by atomic mass is 19.4. The van der Waals surface area contributed by atoms with Gasteiger partial charge in [0.05, 0.1) is 18.2 Å². The molecule has 2 aromatic carbocycles. The maximum atomic E-state index is 13.6. The summed E-state index contributed by atoms with van der Waals surface area (Å²) in [6.45, 7) is 1.16. The number of aromatic nitrogens is 1. The molecule has 1 heterocycles. The Morgan fingerprint density at radius 2 is 1.52 bits per heavy atom. The summed E-state index contributed by atoms with van der Waals surface area (Å²) in [7, 11) is 2.96. The lowest BCUT2D eigenvalue weighted by atomic mass is 10.0. The van der Waals surface area contributed by atoms with Gasteiger partial charge in [-0.25, -0.2) is 15.9 Å². The van der Waals surface area contributed by atoms with Gasteiger partial charge < -0.3 is 20.3 Å². The second-order valence-corrected chi connectivity index (χ2v) is 11.6. The molecule has 1 aromatic heterocycles. The molecule has 0 atom stereocenters. The number of nitrogens with two attached hydrogens (primary N) is 2. The number of hydrogen-bond acceptors (Lipinski definition) is 6. The smallest absolute Gasteiger partial charge is 0.416 e. The van der Waals surface area contributed by atoms with Gasteiger partial charge in [0, 0.05) is 44.2 Å². The topological polar surface area (TPSA) is 96.2 Å². The number of hydrazone groups is 1. The van der Waals surface area contributed by atoms with Crippen molar-refractivity contribution in [3.8, 4) is 5.75 Å².